The van der Waals surface area contributed by atoms with Crippen molar-refractivity contribution in [3.63, 3.8) is 0 Å². The number of Topliss-reactive ketones (excluding diaryl/α,β-unsaturated/α-hetero) is 2. The Balaban J connectivity index is 1.86. The number of aromatic nitrogens is 4. The van der Waals surface area contributed by atoms with Gasteiger partial charge in [0.05, 0.1) is 15.8 Å². The van der Waals surface area contributed by atoms with Crippen LogP contribution in [0.1, 0.15) is 52.9 Å². The van der Waals surface area contributed by atoms with Crippen LogP contribution in [-0.4, -0.2) is 36.6 Å². The maximum absolute atomic E-state index is 13.0. The Labute approximate surface area is 166 Å². The van der Waals surface area contributed by atoms with Crippen LogP contribution < -0.4 is 0 Å². The molecule has 1 N–H and O–H groups in total. The van der Waals surface area contributed by atoms with Crippen LogP contribution in [0, 0.1) is 13.8 Å². The van der Waals surface area contributed by atoms with Gasteiger partial charge in [-0.3, -0.25) is 9.59 Å². The number of carbonyl (C=O) groups is 2. The first-order valence-corrected chi connectivity index (χ1v) is 10.5. The summed E-state index contributed by atoms with van der Waals surface area (Å²) in [7, 11) is 0. The summed E-state index contributed by atoms with van der Waals surface area (Å²) < 4.78 is 2.02. The zero-order chi connectivity index (χ0) is 19.7. The summed E-state index contributed by atoms with van der Waals surface area (Å²) in [5.41, 5.74) is 2.55. The van der Waals surface area contributed by atoms with Crippen molar-refractivity contribution in [1.29, 1.82) is 0 Å². The van der Waals surface area contributed by atoms with Crippen LogP contribution in [0.2, 0.25) is 0 Å². The van der Waals surface area contributed by atoms with Crippen molar-refractivity contribution in [2.75, 3.05) is 0 Å². The van der Waals surface area contributed by atoms with Gasteiger partial charge in [-0.2, -0.15) is 0 Å². The number of ketones is 2. The topological polar surface area (TPSA) is 80.6 Å². The third-order valence-corrected chi connectivity index (χ3v) is 6.41. The Hall–Kier alpha value is -2.19. The number of aromatic amines is 1. The van der Waals surface area contributed by atoms with E-state index in [-0.39, 0.29) is 16.8 Å². The fraction of sp³-hybridized carbons (Fsp3) is 0.368. The van der Waals surface area contributed by atoms with Gasteiger partial charge in [-0.15, -0.1) is 21.5 Å². The molecule has 142 valence electrons. The van der Waals surface area contributed by atoms with Crippen molar-refractivity contribution < 1.29 is 9.59 Å². The molecular formula is C19H22N4O2S2. The molecule has 3 aromatic rings. The summed E-state index contributed by atoms with van der Waals surface area (Å²) in [6.45, 7) is 9.77. The minimum Gasteiger partial charge on any atom is -0.355 e. The highest BCUT2D eigenvalue weighted by atomic mass is 32.2. The Morgan fingerprint density at radius 2 is 2.07 bits per heavy atom. The van der Waals surface area contributed by atoms with E-state index in [0.29, 0.717) is 16.8 Å². The number of hydrogen-bond donors (Lipinski definition) is 1. The quantitative estimate of drug-likeness (QED) is 0.464. The number of thiophene rings is 1. The van der Waals surface area contributed by atoms with Gasteiger partial charge in [0, 0.05) is 17.8 Å². The molecule has 0 aliphatic carbocycles. The lowest BCUT2D eigenvalue weighted by atomic mass is 10.0. The van der Waals surface area contributed by atoms with Gasteiger partial charge in [0.15, 0.2) is 22.5 Å². The number of nitrogens with one attached hydrogen (secondary N) is 1. The van der Waals surface area contributed by atoms with E-state index in [0.717, 1.165) is 28.1 Å². The molecule has 0 amide bonds. The lowest BCUT2D eigenvalue weighted by Gasteiger charge is -2.11. The van der Waals surface area contributed by atoms with E-state index in [1.807, 2.05) is 49.8 Å². The molecule has 0 saturated carbocycles. The standard InChI is InChI=1S/C19H22N4O2S2/c1-6-23-18(14-8-7-9-26-14)21-22-19(23)27-13(5)17(25)16-10(2)15(12(4)24)11(3)20-16/h7-9,13,20H,6H2,1-5H3. The molecule has 0 aliphatic heterocycles. The molecule has 0 aromatic carbocycles. The van der Waals surface area contributed by atoms with Crippen LogP contribution in [0.25, 0.3) is 10.7 Å². The highest BCUT2D eigenvalue weighted by Gasteiger charge is 2.26. The molecule has 3 aromatic heterocycles. The summed E-state index contributed by atoms with van der Waals surface area (Å²) in [5.74, 6) is 0.740. The minimum atomic E-state index is -0.354. The van der Waals surface area contributed by atoms with E-state index in [2.05, 4.69) is 15.2 Å². The second-order valence-electron chi connectivity index (χ2n) is 6.33. The number of aryl methyl sites for hydroxylation is 1. The molecule has 27 heavy (non-hydrogen) atoms. The summed E-state index contributed by atoms with van der Waals surface area (Å²) in [5, 5.41) is 11.0. The maximum atomic E-state index is 13.0. The average Bonchev–Trinajstić information content (AvgIpc) is 3.32. The maximum Gasteiger partial charge on any atom is 0.192 e. The van der Waals surface area contributed by atoms with Crippen molar-refractivity contribution in [2.45, 2.75) is 51.6 Å². The Morgan fingerprint density at radius 3 is 2.63 bits per heavy atom. The molecule has 3 heterocycles. The summed E-state index contributed by atoms with van der Waals surface area (Å²) in [6.07, 6.45) is 0. The molecule has 0 bridgehead atoms. The summed E-state index contributed by atoms with van der Waals surface area (Å²) in [4.78, 5) is 28.9. The fourth-order valence-electron chi connectivity index (χ4n) is 3.19. The van der Waals surface area contributed by atoms with Crippen LogP contribution in [0.4, 0.5) is 0 Å². The lowest BCUT2D eigenvalue weighted by molar-refractivity contribution is 0.0988. The first kappa shape index (κ1) is 19.6. The van der Waals surface area contributed by atoms with E-state index in [9.17, 15) is 9.59 Å². The van der Waals surface area contributed by atoms with E-state index >= 15 is 0 Å². The second-order valence-corrected chi connectivity index (χ2v) is 8.59. The van der Waals surface area contributed by atoms with Crippen molar-refractivity contribution in [2.24, 2.45) is 0 Å². The highest BCUT2D eigenvalue weighted by molar-refractivity contribution is 8.00. The van der Waals surface area contributed by atoms with Crippen molar-refractivity contribution in [3.8, 4) is 10.7 Å². The minimum absolute atomic E-state index is 0.0353. The largest absolute Gasteiger partial charge is 0.355 e. The first-order chi connectivity index (χ1) is 12.8. The summed E-state index contributed by atoms with van der Waals surface area (Å²) in [6, 6.07) is 3.99. The van der Waals surface area contributed by atoms with Gasteiger partial charge >= 0.3 is 0 Å². The number of H-pyrrole nitrogens is 1. The van der Waals surface area contributed by atoms with Gasteiger partial charge in [-0.1, -0.05) is 17.8 Å². The Morgan fingerprint density at radius 1 is 1.33 bits per heavy atom. The first-order valence-electron chi connectivity index (χ1n) is 8.73. The molecule has 0 aliphatic rings. The van der Waals surface area contributed by atoms with Gasteiger partial charge in [0.25, 0.3) is 0 Å². The van der Waals surface area contributed by atoms with E-state index < -0.39 is 0 Å². The molecule has 1 atom stereocenters. The van der Waals surface area contributed by atoms with Crippen LogP contribution in [0.5, 0.6) is 0 Å². The molecule has 1 unspecified atom stereocenters. The molecule has 0 fully saturated rings. The van der Waals surface area contributed by atoms with Crippen LogP contribution >= 0.6 is 23.1 Å². The molecular weight excluding hydrogens is 380 g/mol. The van der Waals surface area contributed by atoms with Crippen molar-refractivity contribution in [3.05, 3.63) is 40.0 Å². The van der Waals surface area contributed by atoms with Gasteiger partial charge in [-0.05, 0) is 51.6 Å². The monoisotopic (exact) mass is 402 g/mol. The number of carbonyl (C=O) groups excluding carboxylic acids is 2. The normalized spacial score (nSPS) is 12.3. The lowest BCUT2D eigenvalue weighted by Crippen LogP contribution is -2.16. The third kappa shape index (κ3) is 3.64. The number of thioether (sulfide) groups is 1. The Bertz CT molecular complexity index is 986. The molecule has 0 radical (unpaired) electrons. The zero-order valence-electron chi connectivity index (χ0n) is 16.0. The summed E-state index contributed by atoms with van der Waals surface area (Å²) >= 11 is 3.00. The second kappa shape index (κ2) is 7.82. The molecule has 0 spiro atoms. The number of nitrogens with zero attached hydrogens (tertiary/aromatic N) is 3. The van der Waals surface area contributed by atoms with E-state index in [1.54, 1.807) is 11.3 Å². The molecule has 0 saturated heterocycles. The van der Waals surface area contributed by atoms with Gasteiger partial charge in [-0.25, -0.2) is 0 Å². The van der Waals surface area contributed by atoms with E-state index in [1.165, 1.54) is 18.7 Å². The van der Waals surface area contributed by atoms with Gasteiger partial charge in [0.1, 0.15) is 0 Å². The predicted molar refractivity (Wildman–Crippen MR) is 109 cm³/mol. The van der Waals surface area contributed by atoms with E-state index in [4.69, 9.17) is 0 Å². The SMILES string of the molecule is CCn1c(SC(C)C(=O)c2[nH]c(C)c(C(C)=O)c2C)nnc1-c1cccs1. The third-order valence-electron chi connectivity index (χ3n) is 4.46. The van der Waals surface area contributed by atoms with Gasteiger partial charge in [0.2, 0.25) is 0 Å². The van der Waals surface area contributed by atoms with Gasteiger partial charge < -0.3 is 9.55 Å². The predicted octanol–water partition coefficient (Wildman–Crippen LogP) is 4.54. The smallest absolute Gasteiger partial charge is 0.192 e. The number of rotatable bonds is 7. The number of hydrogen-bond acceptors (Lipinski definition) is 6. The molecule has 3 rings (SSSR count). The van der Waals surface area contributed by atoms with Crippen molar-refractivity contribution >= 4 is 34.7 Å². The average molecular weight is 403 g/mol. The zero-order valence-corrected chi connectivity index (χ0v) is 17.6. The van der Waals surface area contributed by atoms with Crippen LogP contribution in [0.15, 0.2) is 22.7 Å². The van der Waals surface area contributed by atoms with Crippen molar-refractivity contribution in [1.82, 2.24) is 19.7 Å². The Kier molecular flexibility index (Phi) is 5.67. The van der Waals surface area contributed by atoms with Crippen LogP contribution in [-0.2, 0) is 6.54 Å². The molecule has 8 heteroatoms. The van der Waals surface area contributed by atoms with Crippen LogP contribution in [0.3, 0.4) is 0 Å². The molecule has 6 nitrogen and oxygen atoms in total. The highest BCUT2D eigenvalue weighted by Crippen LogP contribution is 2.31. The fourth-order valence-corrected chi connectivity index (χ4v) is 4.88.